The van der Waals surface area contributed by atoms with E-state index in [1.165, 1.54) is 25.1 Å². The molecule has 1 rings (SSSR count). The number of benzene rings is 1. The molecular weight excluding hydrogens is 276 g/mol. The van der Waals surface area contributed by atoms with Gasteiger partial charge in [-0.05, 0) is 33.3 Å². The summed E-state index contributed by atoms with van der Waals surface area (Å²) in [6, 6.07) is 4.28. The van der Waals surface area contributed by atoms with Crippen LogP contribution in [-0.4, -0.2) is 28.5 Å². The van der Waals surface area contributed by atoms with Gasteiger partial charge in [0, 0.05) is 23.7 Å². The van der Waals surface area contributed by atoms with Gasteiger partial charge in [-0.25, -0.2) is 0 Å². The van der Waals surface area contributed by atoms with Crippen molar-refractivity contribution in [3.05, 3.63) is 39.4 Å². The van der Waals surface area contributed by atoms with Crippen molar-refractivity contribution in [2.45, 2.75) is 27.2 Å². The summed E-state index contributed by atoms with van der Waals surface area (Å²) >= 11 is 0. The van der Waals surface area contributed by atoms with Crippen LogP contribution in [0, 0.1) is 22.5 Å². The zero-order valence-electron chi connectivity index (χ0n) is 12.2. The van der Waals surface area contributed by atoms with Gasteiger partial charge in [0.1, 0.15) is 0 Å². The molecule has 0 saturated carbocycles. The van der Waals surface area contributed by atoms with E-state index in [0.29, 0.717) is 0 Å². The molecule has 0 spiro atoms. The zero-order valence-corrected chi connectivity index (χ0v) is 12.2. The highest BCUT2D eigenvalue weighted by Gasteiger charge is 2.27. The summed E-state index contributed by atoms with van der Waals surface area (Å²) in [5.41, 5.74) is -0.547. The maximum atomic E-state index is 12.0. The van der Waals surface area contributed by atoms with Crippen molar-refractivity contribution in [1.82, 2.24) is 5.32 Å². The molecule has 0 aliphatic carbocycles. The van der Waals surface area contributed by atoms with Gasteiger partial charge in [0.25, 0.3) is 11.6 Å². The fraction of sp³-hybridized carbons (Fsp3) is 0.429. The minimum atomic E-state index is -0.941. The SMILES string of the molecule is Cc1c(C(=O)NCCC(C)(C)C(=O)O)cccc1[N+](=O)[O-]. The number of carbonyl (C=O) groups excluding carboxylic acids is 1. The maximum absolute atomic E-state index is 12.0. The molecule has 0 heterocycles. The summed E-state index contributed by atoms with van der Waals surface area (Å²) in [4.78, 5) is 33.3. The van der Waals surface area contributed by atoms with Crippen LogP contribution in [0.2, 0.25) is 0 Å². The van der Waals surface area contributed by atoms with Crippen LogP contribution in [0.3, 0.4) is 0 Å². The molecule has 0 aromatic heterocycles. The highest BCUT2D eigenvalue weighted by molar-refractivity contribution is 5.96. The summed E-state index contributed by atoms with van der Waals surface area (Å²) < 4.78 is 0. The van der Waals surface area contributed by atoms with Gasteiger partial charge in [0.2, 0.25) is 0 Å². The average Bonchev–Trinajstić information content (AvgIpc) is 2.37. The lowest BCUT2D eigenvalue weighted by molar-refractivity contribution is -0.385. The fourth-order valence-corrected chi connectivity index (χ4v) is 1.76. The Balaban J connectivity index is 2.76. The van der Waals surface area contributed by atoms with Crippen LogP contribution in [0.1, 0.15) is 36.2 Å². The van der Waals surface area contributed by atoms with Crippen LogP contribution < -0.4 is 5.32 Å². The number of amides is 1. The van der Waals surface area contributed by atoms with Crippen molar-refractivity contribution in [3.8, 4) is 0 Å². The maximum Gasteiger partial charge on any atom is 0.309 e. The minimum Gasteiger partial charge on any atom is -0.481 e. The number of hydrogen-bond donors (Lipinski definition) is 2. The predicted molar refractivity (Wildman–Crippen MR) is 76.2 cm³/mol. The summed E-state index contributed by atoms with van der Waals surface area (Å²) in [5, 5.41) is 22.4. The van der Waals surface area contributed by atoms with Crippen LogP contribution in [0.15, 0.2) is 18.2 Å². The standard InChI is InChI=1S/C14H18N2O5/c1-9-10(5-4-6-11(9)16(20)21)12(17)15-8-7-14(2,3)13(18)19/h4-6H,7-8H2,1-3H3,(H,15,17)(H,18,19). The number of carboxylic acids is 1. The van der Waals surface area contributed by atoms with Crippen LogP contribution in [0.4, 0.5) is 5.69 Å². The Bertz CT molecular complexity index is 581. The Labute approximate surface area is 122 Å². The lowest BCUT2D eigenvalue weighted by atomic mass is 9.89. The fourth-order valence-electron chi connectivity index (χ4n) is 1.76. The number of nitro benzene ring substituents is 1. The van der Waals surface area contributed by atoms with Gasteiger partial charge < -0.3 is 10.4 Å². The Morgan fingerprint density at radius 3 is 2.52 bits per heavy atom. The number of aliphatic carboxylic acids is 1. The third-order valence-corrected chi connectivity index (χ3v) is 3.36. The quantitative estimate of drug-likeness (QED) is 0.617. The number of rotatable bonds is 6. The van der Waals surface area contributed by atoms with Gasteiger partial charge in [-0.1, -0.05) is 6.07 Å². The molecule has 0 aliphatic heterocycles. The Kier molecular flexibility index (Phi) is 5.02. The van der Waals surface area contributed by atoms with E-state index in [4.69, 9.17) is 5.11 Å². The average molecular weight is 294 g/mol. The normalized spacial score (nSPS) is 11.0. The second kappa shape index (κ2) is 6.34. The minimum absolute atomic E-state index is 0.117. The Morgan fingerprint density at radius 2 is 2.00 bits per heavy atom. The molecule has 0 aliphatic rings. The van der Waals surface area contributed by atoms with E-state index in [0.717, 1.165) is 0 Å². The second-order valence-electron chi connectivity index (χ2n) is 5.40. The lowest BCUT2D eigenvalue weighted by Crippen LogP contribution is -2.32. The van der Waals surface area contributed by atoms with Gasteiger partial charge in [0.15, 0.2) is 0 Å². The Morgan fingerprint density at radius 1 is 1.38 bits per heavy atom. The first kappa shape index (κ1) is 16.6. The number of nitrogens with one attached hydrogen (secondary N) is 1. The highest BCUT2D eigenvalue weighted by Crippen LogP contribution is 2.22. The van der Waals surface area contributed by atoms with E-state index >= 15 is 0 Å². The molecular formula is C14H18N2O5. The van der Waals surface area contributed by atoms with E-state index in [1.54, 1.807) is 13.8 Å². The molecule has 1 aromatic rings. The molecule has 0 radical (unpaired) electrons. The smallest absolute Gasteiger partial charge is 0.309 e. The summed E-state index contributed by atoms with van der Waals surface area (Å²) in [5.74, 6) is -1.39. The van der Waals surface area contributed by atoms with Gasteiger partial charge in [-0.15, -0.1) is 0 Å². The number of carboxylic acid groups (broad SMARTS) is 1. The molecule has 21 heavy (non-hydrogen) atoms. The summed E-state index contributed by atoms with van der Waals surface area (Å²) in [7, 11) is 0. The van der Waals surface area contributed by atoms with E-state index < -0.39 is 22.2 Å². The number of nitrogens with zero attached hydrogens (tertiary/aromatic N) is 1. The van der Waals surface area contributed by atoms with E-state index in [1.807, 2.05) is 0 Å². The molecule has 7 heteroatoms. The van der Waals surface area contributed by atoms with Crippen molar-refractivity contribution < 1.29 is 19.6 Å². The molecule has 0 atom stereocenters. The van der Waals surface area contributed by atoms with Crippen molar-refractivity contribution in [2.75, 3.05) is 6.54 Å². The monoisotopic (exact) mass is 294 g/mol. The van der Waals surface area contributed by atoms with Crippen LogP contribution >= 0.6 is 0 Å². The lowest BCUT2D eigenvalue weighted by Gasteiger charge is -2.19. The molecule has 114 valence electrons. The van der Waals surface area contributed by atoms with Gasteiger partial charge in [-0.3, -0.25) is 19.7 Å². The molecule has 0 bridgehead atoms. The van der Waals surface area contributed by atoms with E-state index in [-0.39, 0.29) is 29.8 Å². The van der Waals surface area contributed by atoms with Gasteiger partial charge in [-0.2, -0.15) is 0 Å². The first-order valence-electron chi connectivity index (χ1n) is 6.42. The van der Waals surface area contributed by atoms with E-state index in [2.05, 4.69) is 5.32 Å². The third-order valence-electron chi connectivity index (χ3n) is 3.36. The first-order valence-corrected chi connectivity index (χ1v) is 6.42. The summed E-state index contributed by atoms with van der Waals surface area (Å²) in [6.07, 6.45) is 0.266. The molecule has 7 nitrogen and oxygen atoms in total. The molecule has 2 N–H and O–H groups in total. The molecule has 1 amide bonds. The molecule has 0 fully saturated rings. The third kappa shape index (κ3) is 4.01. The van der Waals surface area contributed by atoms with Crippen LogP contribution in [0.25, 0.3) is 0 Å². The number of nitro groups is 1. The Hall–Kier alpha value is -2.44. The van der Waals surface area contributed by atoms with Crippen molar-refractivity contribution in [1.29, 1.82) is 0 Å². The largest absolute Gasteiger partial charge is 0.481 e. The molecule has 1 aromatic carbocycles. The zero-order chi connectivity index (χ0) is 16.2. The second-order valence-corrected chi connectivity index (χ2v) is 5.40. The first-order chi connectivity index (χ1) is 9.66. The van der Waals surface area contributed by atoms with Crippen molar-refractivity contribution >= 4 is 17.6 Å². The predicted octanol–water partition coefficient (Wildman–Crippen LogP) is 2.13. The highest BCUT2D eigenvalue weighted by atomic mass is 16.6. The van der Waals surface area contributed by atoms with Gasteiger partial charge in [0.05, 0.1) is 10.3 Å². The molecule has 0 unspecified atom stereocenters. The number of carbonyl (C=O) groups is 2. The van der Waals surface area contributed by atoms with Crippen molar-refractivity contribution in [3.63, 3.8) is 0 Å². The van der Waals surface area contributed by atoms with E-state index in [9.17, 15) is 19.7 Å². The van der Waals surface area contributed by atoms with Crippen molar-refractivity contribution in [2.24, 2.45) is 5.41 Å². The van der Waals surface area contributed by atoms with Crippen LogP contribution in [-0.2, 0) is 4.79 Å². The van der Waals surface area contributed by atoms with Crippen LogP contribution in [0.5, 0.6) is 0 Å². The number of hydrogen-bond acceptors (Lipinski definition) is 4. The van der Waals surface area contributed by atoms with Gasteiger partial charge >= 0.3 is 5.97 Å². The molecule has 0 saturated heterocycles. The topological polar surface area (TPSA) is 110 Å². The summed E-state index contributed by atoms with van der Waals surface area (Å²) in [6.45, 7) is 4.83.